The SMILES string of the molecule is C=C(C)c1c(C)c[nH]c1C. The van der Waals surface area contributed by atoms with E-state index in [0.29, 0.717) is 0 Å². The summed E-state index contributed by atoms with van der Waals surface area (Å²) in [6.07, 6.45) is 2.01. The van der Waals surface area contributed by atoms with Gasteiger partial charge in [0.2, 0.25) is 0 Å². The van der Waals surface area contributed by atoms with E-state index in [0.717, 1.165) is 5.57 Å². The maximum absolute atomic E-state index is 3.90. The predicted octanol–water partition coefficient (Wildman–Crippen LogP) is 2.66. The molecular weight excluding hydrogens is 122 g/mol. The van der Waals surface area contributed by atoms with Crippen molar-refractivity contribution in [3.63, 3.8) is 0 Å². The Hall–Kier alpha value is -0.980. The van der Waals surface area contributed by atoms with Gasteiger partial charge in [0.1, 0.15) is 0 Å². The fourth-order valence-corrected chi connectivity index (χ4v) is 1.31. The number of nitrogens with one attached hydrogen (secondary N) is 1. The highest BCUT2D eigenvalue weighted by Gasteiger charge is 2.02. The van der Waals surface area contributed by atoms with Crippen molar-refractivity contribution in [1.82, 2.24) is 4.98 Å². The smallest absolute Gasteiger partial charge is 0.0194 e. The summed E-state index contributed by atoms with van der Waals surface area (Å²) in [5.74, 6) is 0. The summed E-state index contributed by atoms with van der Waals surface area (Å²) in [6, 6.07) is 0. The lowest BCUT2D eigenvalue weighted by atomic mass is 10.1. The molecule has 0 aliphatic rings. The molecule has 0 aliphatic carbocycles. The normalized spacial score (nSPS) is 9.90. The van der Waals surface area contributed by atoms with Crippen LogP contribution in [0.15, 0.2) is 12.8 Å². The summed E-state index contributed by atoms with van der Waals surface area (Å²) in [5, 5.41) is 0. The van der Waals surface area contributed by atoms with Crippen LogP contribution in [0.5, 0.6) is 0 Å². The van der Waals surface area contributed by atoms with E-state index in [1.807, 2.05) is 13.1 Å². The first-order valence-electron chi connectivity index (χ1n) is 3.43. The molecule has 1 heterocycles. The number of aromatic nitrogens is 1. The zero-order valence-electron chi connectivity index (χ0n) is 6.78. The second-order valence-corrected chi connectivity index (χ2v) is 2.75. The van der Waals surface area contributed by atoms with Crippen LogP contribution in [0.3, 0.4) is 0 Å². The van der Waals surface area contributed by atoms with Crippen LogP contribution in [-0.2, 0) is 0 Å². The minimum atomic E-state index is 1.14. The molecule has 10 heavy (non-hydrogen) atoms. The lowest BCUT2D eigenvalue weighted by Gasteiger charge is -1.98. The van der Waals surface area contributed by atoms with E-state index in [1.54, 1.807) is 0 Å². The number of aryl methyl sites for hydroxylation is 2. The Kier molecular flexibility index (Phi) is 1.66. The van der Waals surface area contributed by atoms with E-state index in [9.17, 15) is 0 Å². The van der Waals surface area contributed by atoms with Crippen molar-refractivity contribution >= 4 is 5.57 Å². The molecule has 1 aromatic rings. The molecule has 1 aromatic heterocycles. The van der Waals surface area contributed by atoms with Gasteiger partial charge in [0.15, 0.2) is 0 Å². The fraction of sp³-hybridized carbons (Fsp3) is 0.333. The van der Waals surface area contributed by atoms with Gasteiger partial charge in [0.05, 0.1) is 0 Å². The Morgan fingerprint density at radius 2 is 2.10 bits per heavy atom. The highest BCUT2D eigenvalue weighted by molar-refractivity contribution is 5.66. The summed E-state index contributed by atoms with van der Waals surface area (Å²) >= 11 is 0. The Morgan fingerprint density at radius 3 is 2.30 bits per heavy atom. The van der Waals surface area contributed by atoms with Crippen LogP contribution in [0.4, 0.5) is 0 Å². The summed E-state index contributed by atoms with van der Waals surface area (Å²) < 4.78 is 0. The van der Waals surface area contributed by atoms with E-state index >= 15 is 0 Å². The van der Waals surface area contributed by atoms with Crippen molar-refractivity contribution < 1.29 is 0 Å². The second-order valence-electron chi connectivity index (χ2n) is 2.75. The van der Waals surface area contributed by atoms with Crippen molar-refractivity contribution in [3.05, 3.63) is 29.6 Å². The highest BCUT2D eigenvalue weighted by atomic mass is 14.7. The number of H-pyrrole nitrogens is 1. The molecule has 0 radical (unpaired) electrons. The van der Waals surface area contributed by atoms with Crippen molar-refractivity contribution in [1.29, 1.82) is 0 Å². The second kappa shape index (κ2) is 2.33. The number of aromatic amines is 1. The number of hydrogen-bond donors (Lipinski definition) is 1. The fourth-order valence-electron chi connectivity index (χ4n) is 1.31. The van der Waals surface area contributed by atoms with Crippen LogP contribution in [0.1, 0.15) is 23.7 Å². The van der Waals surface area contributed by atoms with Gasteiger partial charge in [0, 0.05) is 17.5 Å². The van der Waals surface area contributed by atoms with E-state index < -0.39 is 0 Å². The number of allylic oxidation sites excluding steroid dienone is 1. The zero-order valence-corrected chi connectivity index (χ0v) is 6.78. The molecule has 0 bridgehead atoms. The number of hydrogen-bond acceptors (Lipinski definition) is 0. The van der Waals surface area contributed by atoms with E-state index in [2.05, 4.69) is 25.4 Å². The summed E-state index contributed by atoms with van der Waals surface area (Å²) in [4.78, 5) is 3.16. The van der Waals surface area contributed by atoms with Gasteiger partial charge in [-0.15, -0.1) is 0 Å². The molecule has 54 valence electrons. The molecule has 0 spiro atoms. The van der Waals surface area contributed by atoms with Gasteiger partial charge in [-0.25, -0.2) is 0 Å². The average molecular weight is 135 g/mol. The predicted molar refractivity (Wildman–Crippen MR) is 45.0 cm³/mol. The molecule has 0 fully saturated rings. The first-order chi connectivity index (χ1) is 4.63. The Balaban J connectivity index is 3.23. The standard InChI is InChI=1S/C9H13N/c1-6(2)9-7(3)5-10-8(9)4/h5,10H,1H2,2-4H3. The molecule has 0 aliphatic heterocycles. The first kappa shape index (κ1) is 7.13. The number of rotatable bonds is 1. The Labute approximate surface area is 61.8 Å². The van der Waals surface area contributed by atoms with E-state index in [4.69, 9.17) is 0 Å². The van der Waals surface area contributed by atoms with Crippen LogP contribution in [0, 0.1) is 13.8 Å². The van der Waals surface area contributed by atoms with Gasteiger partial charge in [-0.2, -0.15) is 0 Å². The average Bonchev–Trinajstić information content (AvgIpc) is 2.11. The van der Waals surface area contributed by atoms with Gasteiger partial charge < -0.3 is 4.98 Å². The Morgan fingerprint density at radius 1 is 1.50 bits per heavy atom. The van der Waals surface area contributed by atoms with Crippen LogP contribution < -0.4 is 0 Å². The van der Waals surface area contributed by atoms with Crippen LogP contribution in [-0.4, -0.2) is 4.98 Å². The summed E-state index contributed by atoms with van der Waals surface area (Å²) in [6.45, 7) is 10.1. The third-order valence-corrected chi connectivity index (χ3v) is 1.70. The maximum Gasteiger partial charge on any atom is 0.0194 e. The summed E-state index contributed by atoms with van der Waals surface area (Å²) in [5.41, 5.74) is 4.91. The van der Waals surface area contributed by atoms with E-state index in [1.165, 1.54) is 16.8 Å². The maximum atomic E-state index is 3.90. The van der Waals surface area contributed by atoms with Crippen molar-refractivity contribution in [3.8, 4) is 0 Å². The molecule has 0 saturated carbocycles. The van der Waals surface area contributed by atoms with Gasteiger partial charge in [-0.05, 0) is 31.9 Å². The van der Waals surface area contributed by atoms with Crippen molar-refractivity contribution in [2.45, 2.75) is 20.8 Å². The molecule has 0 unspecified atom stereocenters. The van der Waals surface area contributed by atoms with Gasteiger partial charge in [-0.1, -0.05) is 6.58 Å². The molecule has 0 saturated heterocycles. The van der Waals surface area contributed by atoms with Gasteiger partial charge in [0.25, 0.3) is 0 Å². The molecule has 1 N–H and O–H groups in total. The Bertz CT molecular complexity index is 236. The van der Waals surface area contributed by atoms with Crippen molar-refractivity contribution in [2.24, 2.45) is 0 Å². The third-order valence-electron chi connectivity index (χ3n) is 1.70. The zero-order chi connectivity index (χ0) is 7.72. The van der Waals surface area contributed by atoms with Crippen LogP contribution >= 0.6 is 0 Å². The minimum Gasteiger partial charge on any atom is -0.364 e. The summed E-state index contributed by atoms with van der Waals surface area (Å²) in [7, 11) is 0. The van der Waals surface area contributed by atoms with Crippen molar-refractivity contribution in [2.75, 3.05) is 0 Å². The largest absolute Gasteiger partial charge is 0.364 e. The van der Waals surface area contributed by atoms with E-state index in [-0.39, 0.29) is 0 Å². The molecule has 0 amide bonds. The molecule has 1 rings (SSSR count). The lowest BCUT2D eigenvalue weighted by molar-refractivity contribution is 1.25. The highest BCUT2D eigenvalue weighted by Crippen LogP contribution is 2.19. The molecule has 1 nitrogen and oxygen atoms in total. The van der Waals surface area contributed by atoms with Crippen LogP contribution in [0.2, 0.25) is 0 Å². The molecule has 0 aromatic carbocycles. The van der Waals surface area contributed by atoms with Gasteiger partial charge >= 0.3 is 0 Å². The molecule has 1 heteroatoms. The monoisotopic (exact) mass is 135 g/mol. The lowest BCUT2D eigenvalue weighted by Crippen LogP contribution is -1.80. The quantitative estimate of drug-likeness (QED) is 0.609. The topological polar surface area (TPSA) is 15.8 Å². The molecule has 0 atom stereocenters. The molecular formula is C9H13N. The van der Waals surface area contributed by atoms with Gasteiger partial charge in [-0.3, -0.25) is 0 Å². The van der Waals surface area contributed by atoms with Crippen LogP contribution in [0.25, 0.3) is 5.57 Å². The third kappa shape index (κ3) is 0.991. The first-order valence-corrected chi connectivity index (χ1v) is 3.43. The minimum absolute atomic E-state index is 1.14.